The summed E-state index contributed by atoms with van der Waals surface area (Å²) >= 11 is 10.7. The van der Waals surface area contributed by atoms with Crippen LogP contribution in [-0.2, 0) is 0 Å². The molecule has 0 bridgehead atoms. The van der Waals surface area contributed by atoms with Gasteiger partial charge in [0.05, 0.1) is 23.2 Å². The van der Waals surface area contributed by atoms with Gasteiger partial charge in [0.2, 0.25) is 0 Å². The van der Waals surface area contributed by atoms with Crippen molar-refractivity contribution in [2.45, 2.75) is 19.4 Å². The van der Waals surface area contributed by atoms with Gasteiger partial charge in [-0.05, 0) is 32.0 Å². The predicted molar refractivity (Wildman–Crippen MR) is 76.3 cm³/mol. The van der Waals surface area contributed by atoms with Gasteiger partial charge in [0, 0.05) is 5.02 Å². The van der Waals surface area contributed by atoms with Crippen molar-refractivity contribution in [3.63, 3.8) is 0 Å². The van der Waals surface area contributed by atoms with E-state index in [1.807, 2.05) is 0 Å². The minimum absolute atomic E-state index is 0.212. The lowest BCUT2D eigenvalue weighted by Crippen LogP contribution is -2.52. The van der Waals surface area contributed by atoms with Crippen molar-refractivity contribution >= 4 is 34.7 Å². The molecule has 6 heteroatoms. The summed E-state index contributed by atoms with van der Waals surface area (Å²) in [6, 6.07) is 4.78. The van der Waals surface area contributed by atoms with E-state index >= 15 is 0 Å². The molecule has 0 aliphatic heterocycles. The summed E-state index contributed by atoms with van der Waals surface area (Å²) in [4.78, 5) is 12.3. The molecule has 0 radical (unpaired) electrons. The third kappa shape index (κ3) is 3.34. The number of carbonyl (C=O) groups is 1. The van der Waals surface area contributed by atoms with E-state index in [0.29, 0.717) is 16.3 Å². The number of ether oxygens (including phenoxy) is 1. The molecule has 0 unspecified atom stereocenters. The molecular formula is C12H15ClN2O2S. The lowest BCUT2D eigenvalue weighted by atomic mass is 10.0. The van der Waals surface area contributed by atoms with Crippen molar-refractivity contribution in [3.8, 4) is 5.75 Å². The average Bonchev–Trinajstić information content (AvgIpc) is 2.27. The number of rotatable bonds is 4. The molecule has 0 saturated carbocycles. The van der Waals surface area contributed by atoms with Gasteiger partial charge in [-0.3, -0.25) is 4.79 Å². The number of nitrogens with one attached hydrogen (secondary N) is 1. The van der Waals surface area contributed by atoms with Crippen molar-refractivity contribution in [1.82, 2.24) is 5.32 Å². The lowest BCUT2D eigenvalue weighted by Gasteiger charge is -2.25. The fraction of sp³-hybridized carbons (Fsp3) is 0.333. The van der Waals surface area contributed by atoms with Gasteiger partial charge in [0.15, 0.2) is 0 Å². The summed E-state index contributed by atoms with van der Waals surface area (Å²) < 4.78 is 5.11. The molecule has 0 spiro atoms. The van der Waals surface area contributed by atoms with Crippen LogP contribution < -0.4 is 15.8 Å². The van der Waals surface area contributed by atoms with E-state index in [1.165, 1.54) is 7.11 Å². The Hall–Kier alpha value is -1.33. The van der Waals surface area contributed by atoms with E-state index in [2.05, 4.69) is 5.32 Å². The van der Waals surface area contributed by atoms with Crippen LogP contribution in [0.5, 0.6) is 5.75 Å². The molecule has 98 valence electrons. The SMILES string of the molecule is COc1cc(Cl)ccc1C(=O)NC(C)(C)C(N)=S. The number of halogens is 1. The molecule has 18 heavy (non-hydrogen) atoms. The van der Waals surface area contributed by atoms with Crippen LogP contribution in [0.2, 0.25) is 5.02 Å². The van der Waals surface area contributed by atoms with E-state index in [9.17, 15) is 4.79 Å². The van der Waals surface area contributed by atoms with Crippen LogP contribution in [0.15, 0.2) is 18.2 Å². The van der Waals surface area contributed by atoms with Gasteiger partial charge in [0.1, 0.15) is 5.75 Å². The smallest absolute Gasteiger partial charge is 0.255 e. The van der Waals surface area contributed by atoms with Gasteiger partial charge in [0.25, 0.3) is 5.91 Å². The molecule has 0 aromatic heterocycles. The fourth-order valence-corrected chi connectivity index (χ4v) is 1.48. The maximum Gasteiger partial charge on any atom is 0.255 e. The third-order valence-corrected chi connectivity index (χ3v) is 3.20. The molecule has 1 amide bonds. The summed E-state index contributed by atoms with van der Waals surface area (Å²) in [7, 11) is 1.47. The van der Waals surface area contributed by atoms with Gasteiger partial charge < -0.3 is 15.8 Å². The van der Waals surface area contributed by atoms with Gasteiger partial charge >= 0.3 is 0 Å². The molecule has 1 aromatic rings. The van der Waals surface area contributed by atoms with Crippen molar-refractivity contribution in [3.05, 3.63) is 28.8 Å². The van der Waals surface area contributed by atoms with Crippen LogP contribution in [0.25, 0.3) is 0 Å². The second-order valence-electron chi connectivity index (χ2n) is 4.29. The zero-order valence-corrected chi connectivity index (χ0v) is 12.0. The Morgan fingerprint density at radius 2 is 2.11 bits per heavy atom. The molecule has 0 aliphatic carbocycles. The average molecular weight is 287 g/mol. The van der Waals surface area contributed by atoms with E-state index in [0.717, 1.165) is 0 Å². The van der Waals surface area contributed by atoms with Gasteiger partial charge in [-0.2, -0.15) is 0 Å². The Labute approximate surface area is 116 Å². The molecule has 0 fully saturated rings. The molecule has 1 aromatic carbocycles. The number of thiocarbonyl (C=S) groups is 1. The number of amides is 1. The number of hydrogen-bond donors (Lipinski definition) is 2. The van der Waals surface area contributed by atoms with Crippen LogP contribution in [-0.4, -0.2) is 23.5 Å². The fourth-order valence-electron chi connectivity index (χ4n) is 1.27. The topological polar surface area (TPSA) is 64.3 Å². The zero-order valence-electron chi connectivity index (χ0n) is 10.4. The van der Waals surface area contributed by atoms with Crippen LogP contribution >= 0.6 is 23.8 Å². The van der Waals surface area contributed by atoms with E-state index < -0.39 is 5.54 Å². The predicted octanol–water partition coefficient (Wildman–Crippen LogP) is 2.14. The first-order valence-corrected chi connectivity index (χ1v) is 6.02. The van der Waals surface area contributed by atoms with Crippen molar-refractivity contribution in [2.75, 3.05) is 7.11 Å². The number of carbonyl (C=O) groups excluding carboxylic acids is 1. The molecular weight excluding hydrogens is 272 g/mol. The molecule has 3 N–H and O–H groups in total. The first kappa shape index (κ1) is 14.7. The van der Waals surface area contributed by atoms with Gasteiger partial charge in [-0.15, -0.1) is 0 Å². The summed E-state index contributed by atoms with van der Waals surface area (Å²) in [5, 5.41) is 3.24. The van der Waals surface area contributed by atoms with Gasteiger partial charge in [-0.1, -0.05) is 23.8 Å². The minimum Gasteiger partial charge on any atom is -0.496 e. The number of methoxy groups -OCH3 is 1. The highest BCUT2D eigenvalue weighted by Gasteiger charge is 2.25. The Balaban J connectivity index is 3.01. The standard InChI is InChI=1S/C12H15ClN2O2S/c1-12(2,11(14)18)15-10(16)8-5-4-7(13)6-9(8)17-3/h4-6H,1-3H3,(H2,14,18)(H,15,16). The van der Waals surface area contributed by atoms with Crippen LogP contribution in [0.1, 0.15) is 24.2 Å². The Bertz CT molecular complexity index is 489. The largest absolute Gasteiger partial charge is 0.496 e. The zero-order chi connectivity index (χ0) is 13.9. The van der Waals surface area contributed by atoms with Crippen LogP contribution in [0, 0.1) is 0 Å². The van der Waals surface area contributed by atoms with E-state index in [4.69, 9.17) is 34.3 Å². The molecule has 0 aliphatic rings. The van der Waals surface area contributed by atoms with Crippen LogP contribution in [0.4, 0.5) is 0 Å². The summed E-state index contributed by atoms with van der Waals surface area (Å²) in [5.74, 6) is 0.0834. The monoisotopic (exact) mass is 286 g/mol. The number of hydrogen-bond acceptors (Lipinski definition) is 3. The Morgan fingerprint density at radius 1 is 1.50 bits per heavy atom. The maximum absolute atomic E-state index is 12.1. The lowest BCUT2D eigenvalue weighted by molar-refractivity contribution is 0.0929. The summed E-state index contributed by atoms with van der Waals surface area (Å²) in [5.41, 5.74) is 5.17. The Morgan fingerprint density at radius 3 is 2.61 bits per heavy atom. The molecule has 0 heterocycles. The Kier molecular flexibility index (Phi) is 4.53. The summed E-state index contributed by atoms with van der Waals surface area (Å²) in [6.45, 7) is 3.46. The second-order valence-corrected chi connectivity index (χ2v) is 5.16. The first-order valence-electron chi connectivity index (χ1n) is 5.24. The summed E-state index contributed by atoms with van der Waals surface area (Å²) in [6.07, 6.45) is 0. The van der Waals surface area contributed by atoms with Crippen molar-refractivity contribution in [1.29, 1.82) is 0 Å². The molecule has 4 nitrogen and oxygen atoms in total. The highest BCUT2D eigenvalue weighted by Crippen LogP contribution is 2.23. The first-order chi connectivity index (χ1) is 8.27. The third-order valence-electron chi connectivity index (χ3n) is 2.45. The quantitative estimate of drug-likeness (QED) is 0.833. The van der Waals surface area contributed by atoms with E-state index in [-0.39, 0.29) is 10.9 Å². The molecule has 0 saturated heterocycles. The van der Waals surface area contributed by atoms with Crippen molar-refractivity contribution in [2.24, 2.45) is 5.73 Å². The minimum atomic E-state index is -0.767. The van der Waals surface area contributed by atoms with Gasteiger partial charge in [-0.25, -0.2) is 0 Å². The molecule has 1 rings (SSSR count). The normalized spacial score (nSPS) is 10.9. The second kappa shape index (κ2) is 5.54. The molecule has 0 atom stereocenters. The number of nitrogens with two attached hydrogens (primary N) is 1. The highest BCUT2D eigenvalue weighted by atomic mass is 35.5. The van der Waals surface area contributed by atoms with E-state index in [1.54, 1.807) is 32.0 Å². The van der Waals surface area contributed by atoms with Crippen molar-refractivity contribution < 1.29 is 9.53 Å². The maximum atomic E-state index is 12.1. The van der Waals surface area contributed by atoms with Crippen LogP contribution in [0.3, 0.4) is 0 Å². The number of benzene rings is 1. The highest BCUT2D eigenvalue weighted by molar-refractivity contribution is 7.80.